The first-order valence-corrected chi connectivity index (χ1v) is 34.2. The summed E-state index contributed by atoms with van der Waals surface area (Å²) in [5, 5.41) is 54.7. The first-order valence-electron chi connectivity index (χ1n) is 34.2. The van der Waals surface area contributed by atoms with Gasteiger partial charge in [-0.25, -0.2) is 0 Å². The zero-order valence-corrected chi connectivity index (χ0v) is 51.4. The zero-order chi connectivity index (χ0) is 56.5. The molecule has 7 atom stereocenters. The molecule has 0 radical (unpaired) electrons. The first-order chi connectivity index (χ1) is 38.3. The van der Waals surface area contributed by atoms with E-state index in [0.717, 1.165) is 44.9 Å². The standard InChI is InChI=1S/C69H131NO8/c1-3-5-7-9-11-13-15-17-19-21-23-25-26-27-28-29-30-31-32-33-34-35-36-37-38-39-41-43-45-47-49-51-53-55-57-59-65(73)70-62(61-77-69-68(76)67(75)66(74)64(60-71)78-69)63(72)58-56-54-52-50-48-46-44-42-40-24-22-20-18-16-14-12-10-8-6-4-2/h15,17,21,23,56,58,62-64,66-69,71-72,74-76H,3-14,16,18-20,22,24-55,57,59-61H2,1-2H3,(H,70,73)/b17-15-,23-21-,58-56+. The van der Waals surface area contributed by atoms with Gasteiger partial charge in [0.2, 0.25) is 5.91 Å². The van der Waals surface area contributed by atoms with E-state index < -0.39 is 49.5 Å². The van der Waals surface area contributed by atoms with Crippen LogP contribution in [-0.2, 0) is 14.3 Å². The lowest BCUT2D eigenvalue weighted by atomic mass is 9.99. The number of aliphatic hydroxyl groups excluding tert-OH is 5. The summed E-state index contributed by atoms with van der Waals surface area (Å²) in [5.41, 5.74) is 0. The van der Waals surface area contributed by atoms with Crippen LogP contribution in [0, 0.1) is 0 Å². The highest BCUT2D eigenvalue weighted by atomic mass is 16.7. The van der Waals surface area contributed by atoms with E-state index in [2.05, 4.69) is 43.5 Å². The number of hydrogen-bond acceptors (Lipinski definition) is 8. The topological polar surface area (TPSA) is 149 Å². The molecule has 7 unspecified atom stereocenters. The number of hydrogen-bond donors (Lipinski definition) is 6. The van der Waals surface area contributed by atoms with E-state index in [0.29, 0.717) is 6.42 Å². The van der Waals surface area contributed by atoms with Gasteiger partial charge in [0.15, 0.2) is 6.29 Å². The summed E-state index contributed by atoms with van der Waals surface area (Å²) >= 11 is 0. The van der Waals surface area contributed by atoms with Crippen LogP contribution in [0.2, 0.25) is 0 Å². The molecule has 6 N–H and O–H groups in total. The van der Waals surface area contributed by atoms with Gasteiger partial charge in [0.05, 0.1) is 25.4 Å². The number of rotatable bonds is 60. The summed E-state index contributed by atoms with van der Waals surface area (Å²) < 4.78 is 11.3. The van der Waals surface area contributed by atoms with Gasteiger partial charge in [-0.3, -0.25) is 4.79 Å². The Balaban J connectivity index is 2.09. The second kappa shape index (κ2) is 58.6. The van der Waals surface area contributed by atoms with Crippen LogP contribution in [0.3, 0.4) is 0 Å². The summed E-state index contributed by atoms with van der Waals surface area (Å²) in [6.07, 6.45) is 71.0. The van der Waals surface area contributed by atoms with Gasteiger partial charge in [0, 0.05) is 6.42 Å². The van der Waals surface area contributed by atoms with Crippen LogP contribution in [-0.4, -0.2) is 87.5 Å². The quantitative estimate of drug-likeness (QED) is 0.0261. The lowest BCUT2D eigenvalue weighted by Crippen LogP contribution is -2.60. The largest absolute Gasteiger partial charge is 0.394 e. The first kappa shape index (κ1) is 74.4. The van der Waals surface area contributed by atoms with Gasteiger partial charge < -0.3 is 40.3 Å². The molecule has 0 saturated carbocycles. The Morgan fingerprint density at radius 1 is 0.436 bits per heavy atom. The third-order valence-corrected chi connectivity index (χ3v) is 16.5. The normalized spacial score (nSPS) is 18.8. The summed E-state index contributed by atoms with van der Waals surface area (Å²) in [5.74, 6) is -0.170. The maximum absolute atomic E-state index is 13.1. The van der Waals surface area contributed by atoms with Gasteiger partial charge in [0.25, 0.3) is 0 Å². The van der Waals surface area contributed by atoms with Gasteiger partial charge in [0.1, 0.15) is 24.4 Å². The van der Waals surface area contributed by atoms with Crippen LogP contribution in [0.15, 0.2) is 36.5 Å². The zero-order valence-electron chi connectivity index (χ0n) is 51.4. The number of unbranched alkanes of at least 4 members (excludes halogenated alkanes) is 46. The lowest BCUT2D eigenvalue weighted by Gasteiger charge is -2.40. The van der Waals surface area contributed by atoms with Crippen molar-refractivity contribution in [3.63, 3.8) is 0 Å². The number of ether oxygens (including phenoxy) is 2. The molecule has 1 rings (SSSR count). The minimum Gasteiger partial charge on any atom is -0.394 e. The Morgan fingerprint density at radius 2 is 0.756 bits per heavy atom. The van der Waals surface area contributed by atoms with E-state index in [9.17, 15) is 30.3 Å². The van der Waals surface area contributed by atoms with Crippen molar-refractivity contribution in [1.82, 2.24) is 5.32 Å². The molecule has 0 bridgehead atoms. The number of carbonyl (C=O) groups excluding carboxylic acids is 1. The molecule has 0 aromatic rings. The van der Waals surface area contributed by atoms with Crippen LogP contribution >= 0.6 is 0 Å². The average molecular weight is 1100 g/mol. The summed E-state index contributed by atoms with van der Waals surface area (Å²) in [4.78, 5) is 13.1. The summed E-state index contributed by atoms with van der Waals surface area (Å²) in [6, 6.07) is -0.804. The van der Waals surface area contributed by atoms with E-state index in [4.69, 9.17) is 9.47 Å². The van der Waals surface area contributed by atoms with Crippen LogP contribution in [0.1, 0.15) is 341 Å². The molecule has 1 aliphatic heterocycles. The number of aliphatic hydroxyl groups is 5. The highest BCUT2D eigenvalue weighted by Gasteiger charge is 2.44. The summed E-state index contributed by atoms with van der Waals surface area (Å²) in [7, 11) is 0. The Hall–Kier alpha value is -1.59. The third kappa shape index (κ3) is 47.0. The molecule has 0 aliphatic carbocycles. The molecule has 9 nitrogen and oxygen atoms in total. The van der Waals surface area contributed by atoms with Crippen molar-refractivity contribution in [1.29, 1.82) is 0 Å². The predicted molar refractivity (Wildman–Crippen MR) is 332 cm³/mol. The number of carbonyl (C=O) groups is 1. The van der Waals surface area contributed by atoms with Gasteiger partial charge in [-0.2, -0.15) is 0 Å². The Bertz CT molecular complexity index is 1320. The molecule has 78 heavy (non-hydrogen) atoms. The second-order valence-corrected chi connectivity index (χ2v) is 24.0. The van der Waals surface area contributed by atoms with Crippen molar-refractivity contribution in [2.24, 2.45) is 0 Å². The van der Waals surface area contributed by atoms with Crippen molar-refractivity contribution >= 4 is 5.91 Å². The fourth-order valence-electron chi connectivity index (χ4n) is 11.1. The van der Waals surface area contributed by atoms with Gasteiger partial charge in [-0.05, 0) is 51.4 Å². The smallest absolute Gasteiger partial charge is 0.220 e. The SMILES string of the molecule is CCCCCCC/C=C\C/C=C\CCCCCCCCCCCCCCCCCCCCCCCCCC(=O)NC(COC1OC(CO)C(O)C(O)C1O)C(O)/C=C/CCCCCCCCCCCCCCCCCCCC. The Labute approximate surface area is 482 Å². The highest BCUT2D eigenvalue weighted by Crippen LogP contribution is 2.23. The number of nitrogens with one attached hydrogen (secondary N) is 1. The molecule has 460 valence electrons. The molecule has 0 aromatic carbocycles. The maximum atomic E-state index is 13.1. The molecule has 1 amide bonds. The third-order valence-electron chi connectivity index (χ3n) is 16.5. The number of allylic oxidation sites excluding steroid dienone is 5. The number of amides is 1. The molecule has 1 fully saturated rings. The second-order valence-electron chi connectivity index (χ2n) is 24.0. The Kier molecular flexibility index (Phi) is 55.9. The molecule has 0 aromatic heterocycles. The molecule has 0 spiro atoms. The molecule has 1 aliphatic rings. The van der Waals surface area contributed by atoms with Gasteiger partial charge in [-0.15, -0.1) is 0 Å². The molecule has 1 saturated heterocycles. The van der Waals surface area contributed by atoms with E-state index in [1.54, 1.807) is 6.08 Å². The van der Waals surface area contributed by atoms with Crippen molar-refractivity contribution in [3.05, 3.63) is 36.5 Å². The monoisotopic (exact) mass is 1100 g/mol. The minimum absolute atomic E-state index is 0.170. The fourth-order valence-corrected chi connectivity index (χ4v) is 11.1. The van der Waals surface area contributed by atoms with Crippen LogP contribution < -0.4 is 5.32 Å². The highest BCUT2D eigenvalue weighted by molar-refractivity contribution is 5.76. The fraction of sp³-hybridized carbons (Fsp3) is 0.899. The van der Waals surface area contributed by atoms with E-state index >= 15 is 0 Å². The maximum Gasteiger partial charge on any atom is 0.220 e. The van der Waals surface area contributed by atoms with E-state index in [1.807, 2.05) is 6.08 Å². The lowest BCUT2D eigenvalue weighted by molar-refractivity contribution is -0.302. The minimum atomic E-state index is -1.57. The average Bonchev–Trinajstić information content (AvgIpc) is 3.45. The van der Waals surface area contributed by atoms with Gasteiger partial charge >= 0.3 is 0 Å². The Morgan fingerprint density at radius 3 is 1.10 bits per heavy atom. The van der Waals surface area contributed by atoms with E-state index in [1.165, 1.54) is 276 Å². The molecule has 1 heterocycles. The molecular formula is C69H131NO8. The van der Waals surface area contributed by atoms with Gasteiger partial charge in [-0.1, -0.05) is 320 Å². The van der Waals surface area contributed by atoms with Crippen molar-refractivity contribution in [2.45, 2.75) is 384 Å². The van der Waals surface area contributed by atoms with Crippen molar-refractivity contribution in [3.8, 4) is 0 Å². The van der Waals surface area contributed by atoms with Crippen LogP contribution in [0.5, 0.6) is 0 Å². The molecule has 9 heteroatoms. The van der Waals surface area contributed by atoms with Crippen molar-refractivity contribution in [2.75, 3.05) is 13.2 Å². The van der Waals surface area contributed by atoms with Crippen LogP contribution in [0.25, 0.3) is 0 Å². The predicted octanol–water partition coefficient (Wildman–Crippen LogP) is 18.3. The molecular weight excluding hydrogens is 971 g/mol. The van der Waals surface area contributed by atoms with Crippen LogP contribution in [0.4, 0.5) is 0 Å². The summed E-state index contributed by atoms with van der Waals surface area (Å²) in [6.45, 7) is 3.81. The van der Waals surface area contributed by atoms with Crippen molar-refractivity contribution < 1.29 is 39.8 Å². The van der Waals surface area contributed by atoms with E-state index in [-0.39, 0.29) is 12.5 Å².